The van der Waals surface area contributed by atoms with E-state index in [1.807, 2.05) is 0 Å². The van der Waals surface area contributed by atoms with E-state index in [0.29, 0.717) is 0 Å². The van der Waals surface area contributed by atoms with E-state index < -0.39 is 0 Å². The summed E-state index contributed by atoms with van der Waals surface area (Å²) in [5.41, 5.74) is 9.42. The molecule has 0 unspecified atom stereocenters. The second-order valence-electron chi connectivity index (χ2n) is 8.13. The molecule has 2 aliphatic rings. The predicted molar refractivity (Wildman–Crippen MR) is 104 cm³/mol. The van der Waals surface area contributed by atoms with E-state index in [1.54, 1.807) is 33.4 Å². The Labute approximate surface area is 149 Å². The topological polar surface area (TPSA) is 6.48 Å². The first-order valence-electron chi connectivity index (χ1n) is 10.1. The predicted octanol–water partition coefficient (Wildman–Crippen LogP) is 4.89. The Morgan fingerprint density at radius 1 is 0.500 bits per heavy atom. The van der Waals surface area contributed by atoms with Gasteiger partial charge < -0.3 is 0 Å². The van der Waals surface area contributed by atoms with Crippen molar-refractivity contribution in [2.75, 3.05) is 26.2 Å². The van der Waals surface area contributed by atoms with Crippen LogP contribution in [0.4, 0.5) is 0 Å². The molecule has 2 heterocycles. The van der Waals surface area contributed by atoms with Gasteiger partial charge in [-0.3, -0.25) is 9.80 Å². The maximum atomic E-state index is 2.67. The third-order valence-electron chi connectivity index (χ3n) is 6.60. The minimum Gasteiger partial charge on any atom is -0.299 e. The molecular formula is C22H36N2. The van der Waals surface area contributed by atoms with E-state index in [1.165, 1.54) is 64.7 Å². The molecule has 0 N–H and O–H groups in total. The summed E-state index contributed by atoms with van der Waals surface area (Å²) < 4.78 is 0. The molecule has 0 saturated carbocycles. The standard InChI is InChI=1S/C22H36N2/c1-17-18(2)22(16-24-13-9-6-10-14-24)20(4)19(3)21(17)15-23-11-7-5-8-12-23/h5-16H2,1-4H3. The van der Waals surface area contributed by atoms with Crippen molar-refractivity contribution in [3.8, 4) is 0 Å². The molecule has 24 heavy (non-hydrogen) atoms. The molecule has 0 bridgehead atoms. The smallest absolute Gasteiger partial charge is 0.0239 e. The van der Waals surface area contributed by atoms with Crippen LogP contribution >= 0.6 is 0 Å². The monoisotopic (exact) mass is 328 g/mol. The molecule has 134 valence electrons. The molecule has 0 aromatic heterocycles. The van der Waals surface area contributed by atoms with Crippen molar-refractivity contribution in [3.05, 3.63) is 33.4 Å². The van der Waals surface area contributed by atoms with Crippen molar-refractivity contribution in [1.29, 1.82) is 0 Å². The van der Waals surface area contributed by atoms with Crippen LogP contribution in [0, 0.1) is 27.7 Å². The Morgan fingerprint density at radius 3 is 1.08 bits per heavy atom. The Morgan fingerprint density at radius 2 is 0.792 bits per heavy atom. The van der Waals surface area contributed by atoms with Crippen LogP contribution in [0.15, 0.2) is 0 Å². The molecule has 2 nitrogen and oxygen atoms in total. The molecule has 2 saturated heterocycles. The lowest BCUT2D eigenvalue weighted by molar-refractivity contribution is 0.218. The highest BCUT2D eigenvalue weighted by molar-refractivity contribution is 5.50. The lowest BCUT2D eigenvalue weighted by Crippen LogP contribution is -2.31. The van der Waals surface area contributed by atoms with Crippen LogP contribution in [0.25, 0.3) is 0 Å². The Balaban J connectivity index is 1.83. The highest BCUT2D eigenvalue weighted by atomic mass is 15.1. The van der Waals surface area contributed by atoms with Gasteiger partial charge in [0.25, 0.3) is 0 Å². The maximum absolute atomic E-state index is 2.67. The van der Waals surface area contributed by atoms with Gasteiger partial charge in [-0.25, -0.2) is 0 Å². The highest BCUT2D eigenvalue weighted by Gasteiger charge is 2.20. The average molecular weight is 329 g/mol. The molecule has 0 atom stereocenters. The van der Waals surface area contributed by atoms with Gasteiger partial charge in [0.15, 0.2) is 0 Å². The quantitative estimate of drug-likeness (QED) is 0.776. The number of hydrogen-bond acceptors (Lipinski definition) is 2. The second kappa shape index (κ2) is 8.01. The molecule has 1 aromatic carbocycles. The minimum absolute atomic E-state index is 1.16. The van der Waals surface area contributed by atoms with Gasteiger partial charge >= 0.3 is 0 Å². The van der Waals surface area contributed by atoms with Crippen LogP contribution < -0.4 is 0 Å². The second-order valence-corrected chi connectivity index (χ2v) is 8.13. The molecular weight excluding hydrogens is 292 g/mol. The van der Waals surface area contributed by atoms with E-state index in [4.69, 9.17) is 0 Å². The molecule has 0 amide bonds. The molecule has 0 radical (unpaired) electrons. The third-order valence-corrected chi connectivity index (χ3v) is 6.60. The van der Waals surface area contributed by atoms with Gasteiger partial charge in [-0.2, -0.15) is 0 Å². The first-order valence-corrected chi connectivity index (χ1v) is 10.1. The number of hydrogen-bond donors (Lipinski definition) is 0. The van der Waals surface area contributed by atoms with Gasteiger partial charge in [0.1, 0.15) is 0 Å². The Bertz CT molecular complexity index is 484. The van der Waals surface area contributed by atoms with Crippen LogP contribution in [-0.2, 0) is 13.1 Å². The number of nitrogens with zero attached hydrogens (tertiary/aromatic N) is 2. The summed E-state index contributed by atoms with van der Waals surface area (Å²) >= 11 is 0. The van der Waals surface area contributed by atoms with Gasteiger partial charge in [-0.15, -0.1) is 0 Å². The molecule has 3 rings (SSSR count). The average Bonchev–Trinajstić information content (AvgIpc) is 2.62. The normalized spacial score (nSPS) is 20.5. The molecule has 0 spiro atoms. The number of rotatable bonds is 4. The molecule has 2 aliphatic heterocycles. The van der Waals surface area contributed by atoms with E-state index >= 15 is 0 Å². The summed E-state index contributed by atoms with van der Waals surface area (Å²) in [6.07, 6.45) is 8.35. The number of benzene rings is 1. The van der Waals surface area contributed by atoms with Gasteiger partial charge in [0.05, 0.1) is 0 Å². The van der Waals surface area contributed by atoms with Gasteiger partial charge in [-0.1, -0.05) is 12.8 Å². The molecule has 1 aromatic rings. The zero-order valence-electron chi connectivity index (χ0n) is 16.4. The molecule has 0 aliphatic carbocycles. The van der Waals surface area contributed by atoms with Crippen LogP contribution in [0.5, 0.6) is 0 Å². The highest BCUT2D eigenvalue weighted by Crippen LogP contribution is 2.30. The third kappa shape index (κ3) is 3.86. The lowest BCUT2D eigenvalue weighted by atomic mass is 9.88. The van der Waals surface area contributed by atoms with E-state index in [9.17, 15) is 0 Å². The zero-order chi connectivity index (χ0) is 17.1. The van der Waals surface area contributed by atoms with Crippen LogP contribution in [0.3, 0.4) is 0 Å². The number of piperidine rings is 2. The summed E-state index contributed by atoms with van der Waals surface area (Å²) in [6, 6.07) is 0. The van der Waals surface area contributed by atoms with Crippen molar-refractivity contribution in [3.63, 3.8) is 0 Å². The van der Waals surface area contributed by atoms with Crippen molar-refractivity contribution in [2.24, 2.45) is 0 Å². The summed E-state index contributed by atoms with van der Waals surface area (Å²) in [7, 11) is 0. The van der Waals surface area contributed by atoms with E-state index in [0.717, 1.165) is 13.1 Å². The summed E-state index contributed by atoms with van der Waals surface area (Å²) in [4.78, 5) is 5.34. The first-order chi connectivity index (χ1) is 11.6. The van der Waals surface area contributed by atoms with Crippen molar-refractivity contribution in [2.45, 2.75) is 79.3 Å². The van der Waals surface area contributed by atoms with Gasteiger partial charge in [0.2, 0.25) is 0 Å². The van der Waals surface area contributed by atoms with E-state index in [-0.39, 0.29) is 0 Å². The zero-order valence-corrected chi connectivity index (χ0v) is 16.4. The Kier molecular flexibility index (Phi) is 5.99. The van der Waals surface area contributed by atoms with Gasteiger partial charge in [0, 0.05) is 13.1 Å². The SMILES string of the molecule is Cc1c(C)c(CN2CCCCC2)c(C)c(C)c1CN1CCCCC1. The lowest BCUT2D eigenvalue weighted by Gasteiger charge is -2.31. The summed E-state index contributed by atoms with van der Waals surface area (Å²) in [5.74, 6) is 0. The molecule has 2 heteroatoms. The van der Waals surface area contributed by atoms with Crippen LogP contribution in [0.1, 0.15) is 71.9 Å². The summed E-state index contributed by atoms with van der Waals surface area (Å²) in [5, 5.41) is 0. The fourth-order valence-electron chi connectivity index (χ4n) is 4.62. The maximum Gasteiger partial charge on any atom is 0.0239 e. The van der Waals surface area contributed by atoms with Crippen LogP contribution in [0.2, 0.25) is 0 Å². The van der Waals surface area contributed by atoms with Crippen molar-refractivity contribution in [1.82, 2.24) is 9.80 Å². The minimum atomic E-state index is 1.16. The van der Waals surface area contributed by atoms with Crippen molar-refractivity contribution < 1.29 is 0 Å². The van der Waals surface area contributed by atoms with Gasteiger partial charge in [-0.05, 0) is 113 Å². The van der Waals surface area contributed by atoms with E-state index in [2.05, 4.69) is 37.5 Å². The number of likely N-dealkylation sites (tertiary alicyclic amines) is 2. The fraction of sp³-hybridized carbons (Fsp3) is 0.727. The van der Waals surface area contributed by atoms with Crippen LogP contribution in [-0.4, -0.2) is 36.0 Å². The Hall–Kier alpha value is -0.860. The largest absolute Gasteiger partial charge is 0.299 e. The first kappa shape index (κ1) is 17.9. The fourth-order valence-corrected chi connectivity index (χ4v) is 4.62. The summed E-state index contributed by atoms with van der Waals surface area (Å²) in [6.45, 7) is 16.9. The molecule has 2 fully saturated rings. The van der Waals surface area contributed by atoms with Crippen molar-refractivity contribution >= 4 is 0 Å².